The standard InChI is InChI=1S/C15H16F2N4O2/c16-15(17)23-10-3-1-9(2-4-10)7-19-14(22)13-11-8-18-6-5-12(11)20-21-13/h1-4,15,18H,5-8H2,(H,19,22)(H,20,21). The summed E-state index contributed by atoms with van der Waals surface area (Å²) in [6, 6.07) is 6.13. The van der Waals surface area contributed by atoms with Crippen LogP contribution in [-0.4, -0.2) is 29.3 Å². The van der Waals surface area contributed by atoms with Gasteiger partial charge in [-0.05, 0) is 17.7 Å². The summed E-state index contributed by atoms with van der Waals surface area (Å²) in [5, 5.41) is 12.9. The van der Waals surface area contributed by atoms with E-state index in [1.54, 1.807) is 12.1 Å². The Morgan fingerprint density at radius 1 is 1.35 bits per heavy atom. The number of alkyl halides is 2. The second-order valence-corrected chi connectivity index (χ2v) is 5.16. The van der Waals surface area contributed by atoms with E-state index >= 15 is 0 Å². The summed E-state index contributed by atoms with van der Waals surface area (Å²) >= 11 is 0. The third kappa shape index (κ3) is 3.65. The molecule has 1 amide bonds. The molecule has 0 radical (unpaired) electrons. The number of H-pyrrole nitrogens is 1. The molecule has 1 aliphatic rings. The molecule has 6 nitrogen and oxygen atoms in total. The Labute approximate surface area is 131 Å². The lowest BCUT2D eigenvalue weighted by molar-refractivity contribution is -0.0498. The van der Waals surface area contributed by atoms with Crippen LogP contribution in [-0.2, 0) is 19.5 Å². The number of rotatable bonds is 5. The van der Waals surface area contributed by atoms with E-state index in [1.165, 1.54) is 12.1 Å². The van der Waals surface area contributed by atoms with E-state index in [2.05, 4.69) is 25.6 Å². The number of aromatic nitrogens is 2. The summed E-state index contributed by atoms with van der Waals surface area (Å²) in [6.07, 6.45) is 0.821. The van der Waals surface area contributed by atoms with Gasteiger partial charge in [0.15, 0.2) is 5.69 Å². The number of amides is 1. The maximum atomic E-state index is 12.2. The number of hydrogen-bond acceptors (Lipinski definition) is 4. The Morgan fingerprint density at radius 3 is 2.87 bits per heavy atom. The number of carbonyl (C=O) groups excluding carboxylic acids is 1. The lowest BCUT2D eigenvalue weighted by Crippen LogP contribution is -2.28. The summed E-state index contributed by atoms with van der Waals surface area (Å²) in [5.41, 5.74) is 3.06. The Bertz CT molecular complexity index is 685. The number of halogens is 2. The van der Waals surface area contributed by atoms with Crippen molar-refractivity contribution in [3.63, 3.8) is 0 Å². The third-order valence-corrected chi connectivity index (χ3v) is 3.62. The van der Waals surface area contributed by atoms with Crippen LogP contribution in [0.3, 0.4) is 0 Å². The molecule has 1 aromatic heterocycles. The van der Waals surface area contributed by atoms with Crippen LogP contribution in [0.5, 0.6) is 5.75 Å². The van der Waals surface area contributed by atoms with Crippen LogP contribution in [0.25, 0.3) is 0 Å². The predicted octanol–water partition coefficient (Wildman–Crippen LogP) is 1.59. The topological polar surface area (TPSA) is 79.0 Å². The van der Waals surface area contributed by atoms with E-state index < -0.39 is 6.61 Å². The summed E-state index contributed by atoms with van der Waals surface area (Å²) in [7, 11) is 0. The molecule has 122 valence electrons. The van der Waals surface area contributed by atoms with Crippen molar-refractivity contribution < 1.29 is 18.3 Å². The van der Waals surface area contributed by atoms with Gasteiger partial charge in [0, 0.05) is 37.3 Å². The molecular formula is C15H16F2N4O2. The van der Waals surface area contributed by atoms with Gasteiger partial charge in [-0.2, -0.15) is 13.9 Å². The van der Waals surface area contributed by atoms with E-state index in [0.717, 1.165) is 29.8 Å². The van der Waals surface area contributed by atoms with Crippen LogP contribution in [0, 0.1) is 0 Å². The van der Waals surface area contributed by atoms with Crippen molar-refractivity contribution in [2.45, 2.75) is 26.1 Å². The molecule has 1 aromatic carbocycles. The van der Waals surface area contributed by atoms with Crippen LogP contribution in [0.1, 0.15) is 27.3 Å². The SMILES string of the molecule is O=C(NCc1ccc(OC(F)F)cc1)c1n[nH]c2c1CNCC2. The first-order valence-electron chi connectivity index (χ1n) is 7.22. The van der Waals surface area contributed by atoms with Gasteiger partial charge in [-0.15, -0.1) is 0 Å². The number of carbonyl (C=O) groups is 1. The fraction of sp³-hybridized carbons (Fsp3) is 0.333. The average molecular weight is 322 g/mol. The van der Waals surface area contributed by atoms with Crippen molar-refractivity contribution in [2.24, 2.45) is 0 Å². The maximum absolute atomic E-state index is 12.2. The molecule has 2 heterocycles. The van der Waals surface area contributed by atoms with Crippen molar-refractivity contribution in [3.8, 4) is 5.75 Å². The van der Waals surface area contributed by atoms with Gasteiger partial charge < -0.3 is 15.4 Å². The Kier molecular flexibility index (Phi) is 4.52. The molecule has 3 rings (SSSR count). The first kappa shape index (κ1) is 15.4. The van der Waals surface area contributed by atoms with Crippen molar-refractivity contribution in [3.05, 3.63) is 46.8 Å². The quantitative estimate of drug-likeness (QED) is 0.781. The number of benzene rings is 1. The lowest BCUT2D eigenvalue weighted by Gasteiger charge is -2.13. The van der Waals surface area contributed by atoms with Crippen molar-refractivity contribution in [2.75, 3.05) is 6.54 Å². The first-order valence-corrected chi connectivity index (χ1v) is 7.22. The number of aromatic amines is 1. The van der Waals surface area contributed by atoms with E-state index in [4.69, 9.17) is 0 Å². The van der Waals surface area contributed by atoms with Gasteiger partial charge in [0.2, 0.25) is 0 Å². The number of nitrogens with zero attached hydrogens (tertiary/aromatic N) is 1. The highest BCUT2D eigenvalue weighted by molar-refractivity contribution is 5.94. The molecule has 1 aliphatic heterocycles. The molecule has 0 saturated carbocycles. The van der Waals surface area contributed by atoms with Gasteiger partial charge >= 0.3 is 6.61 Å². The van der Waals surface area contributed by atoms with E-state index in [1.807, 2.05) is 0 Å². The molecule has 0 fully saturated rings. The van der Waals surface area contributed by atoms with Gasteiger partial charge in [-0.25, -0.2) is 0 Å². The Balaban J connectivity index is 1.59. The molecule has 23 heavy (non-hydrogen) atoms. The number of hydrogen-bond donors (Lipinski definition) is 3. The van der Waals surface area contributed by atoms with Crippen molar-refractivity contribution in [1.29, 1.82) is 0 Å². The molecule has 0 bridgehead atoms. The zero-order valence-corrected chi connectivity index (χ0v) is 12.2. The lowest BCUT2D eigenvalue weighted by atomic mass is 10.1. The highest BCUT2D eigenvalue weighted by Crippen LogP contribution is 2.16. The fourth-order valence-corrected chi connectivity index (χ4v) is 2.47. The van der Waals surface area contributed by atoms with Crippen LogP contribution >= 0.6 is 0 Å². The van der Waals surface area contributed by atoms with E-state index in [-0.39, 0.29) is 18.2 Å². The highest BCUT2D eigenvalue weighted by Gasteiger charge is 2.21. The molecule has 0 saturated heterocycles. The number of fused-ring (bicyclic) bond motifs is 1. The predicted molar refractivity (Wildman–Crippen MR) is 78.2 cm³/mol. The van der Waals surface area contributed by atoms with Crippen molar-refractivity contribution >= 4 is 5.91 Å². The van der Waals surface area contributed by atoms with E-state index in [0.29, 0.717) is 12.2 Å². The molecule has 0 spiro atoms. The largest absolute Gasteiger partial charge is 0.435 e. The molecule has 0 aliphatic carbocycles. The zero-order chi connectivity index (χ0) is 16.2. The van der Waals surface area contributed by atoms with E-state index in [9.17, 15) is 13.6 Å². The number of nitrogens with one attached hydrogen (secondary N) is 3. The van der Waals surface area contributed by atoms with Gasteiger partial charge in [-0.1, -0.05) is 12.1 Å². The van der Waals surface area contributed by atoms with Gasteiger partial charge in [0.25, 0.3) is 5.91 Å². The second kappa shape index (κ2) is 6.74. The molecule has 3 N–H and O–H groups in total. The minimum atomic E-state index is -2.85. The zero-order valence-electron chi connectivity index (χ0n) is 12.2. The minimum Gasteiger partial charge on any atom is -0.435 e. The fourth-order valence-electron chi connectivity index (χ4n) is 2.47. The van der Waals surface area contributed by atoms with Gasteiger partial charge in [-0.3, -0.25) is 9.89 Å². The molecule has 0 unspecified atom stereocenters. The summed E-state index contributed by atoms with van der Waals surface area (Å²) < 4.78 is 28.4. The van der Waals surface area contributed by atoms with Crippen LogP contribution in [0.15, 0.2) is 24.3 Å². The summed E-state index contributed by atoms with van der Waals surface area (Å²) in [6.45, 7) is -1.08. The molecule has 8 heteroatoms. The Morgan fingerprint density at radius 2 is 2.13 bits per heavy atom. The average Bonchev–Trinajstić information content (AvgIpc) is 2.97. The molecular weight excluding hydrogens is 306 g/mol. The highest BCUT2D eigenvalue weighted by atomic mass is 19.3. The molecule has 2 aromatic rings. The van der Waals surface area contributed by atoms with Crippen LogP contribution in [0.4, 0.5) is 8.78 Å². The Hall–Kier alpha value is -2.48. The summed E-state index contributed by atoms with van der Waals surface area (Å²) in [4.78, 5) is 12.2. The van der Waals surface area contributed by atoms with Crippen LogP contribution < -0.4 is 15.4 Å². The molecule has 0 atom stereocenters. The summed E-state index contributed by atoms with van der Waals surface area (Å²) in [5.74, 6) is -0.179. The van der Waals surface area contributed by atoms with Crippen molar-refractivity contribution in [1.82, 2.24) is 20.8 Å². The third-order valence-electron chi connectivity index (χ3n) is 3.62. The first-order chi connectivity index (χ1) is 11.1. The normalized spacial score (nSPS) is 13.7. The number of ether oxygens (including phenoxy) is 1. The minimum absolute atomic E-state index is 0.0857. The van der Waals surface area contributed by atoms with Crippen LogP contribution in [0.2, 0.25) is 0 Å². The second-order valence-electron chi connectivity index (χ2n) is 5.16. The maximum Gasteiger partial charge on any atom is 0.387 e. The smallest absolute Gasteiger partial charge is 0.387 e. The van der Waals surface area contributed by atoms with Gasteiger partial charge in [0.05, 0.1) is 0 Å². The van der Waals surface area contributed by atoms with Gasteiger partial charge in [0.1, 0.15) is 5.75 Å². The monoisotopic (exact) mass is 322 g/mol.